The van der Waals surface area contributed by atoms with Gasteiger partial charge in [0.15, 0.2) is 0 Å². The highest BCUT2D eigenvalue weighted by atomic mass is 16.4. The highest BCUT2D eigenvalue weighted by molar-refractivity contribution is 5.96. The molecule has 0 spiro atoms. The molecule has 188 valence electrons. The molecule has 0 saturated carbocycles. The summed E-state index contributed by atoms with van der Waals surface area (Å²) in [6, 6.07) is -5.92. The standard InChI is InChI=1S/C18H27N7O9/c19-9(6-26)15(30)24-11(3-8-5-21-7-22-8)16(31)25-12(4-13(20)27)17(32)23-10(18(33)34)1-2-14(28)29/h5,7,9-12,26H,1-4,6,19H2,(H2,20,27)(H,21,22)(H,23,32)(H,24,30)(H,25,31)(H,28,29)(H,33,34). The second-order valence-electron chi connectivity index (χ2n) is 7.19. The van der Waals surface area contributed by atoms with Gasteiger partial charge in [0.25, 0.3) is 0 Å². The number of rotatable bonds is 15. The van der Waals surface area contributed by atoms with Gasteiger partial charge in [-0.05, 0) is 6.42 Å². The molecule has 34 heavy (non-hydrogen) atoms. The maximum Gasteiger partial charge on any atom is 0.326 e. The zero-order valence-electron chi connectivity index (χ0n) is 17.9. The van der Waals surface area contributed by atoms with Crippen LogP contribution in [-0.2, 0) is 35.2 Å². The number of primary amides is 1. The average molecular weight is 485 g/mol. The van der Waals surface area contributed by atoms with Crippen LogP contribution in [0, 0.1) is 0 Å². The number of nitrogens with two attached hydrogens (primary N) is 2. The van der Waals surface area contributed by atoms with E-state index in [4.69, 9.17) is 21.7 Å². The molecular formula is C18H27N7O9. The summed E-state index contributed by atoms with van der Waals surface area (Å²) in [4.78, 5) is 77.5. The monoisotopic (exact) mass is 485 g/mol. The fourth-order valence-electron chi connectivity index (χ4n) is 2.67. The molecule has 0 bridgehead atoms. The van der Waals surface area contributed by atoms with Gasteiger partial charge in [0.05, 0.1) is 19.4 Å². The SMILES string of the molecule is NC(=O)CC(NC(=O)C(Cc1cnc[nH]1)NC(=O)C(N)CO)C(=O)NC(CCC(=O)O)C(=O)O. The molecule has 16 nitrogen and oxygen atoms in total. The summed E-state index contributed by atoms with van der Waals surface area (Å²) in [5, 5.41) is 33.6. The van der Waals surface area contributed by atoms with Crippen molar-refractivity contribution in [1.29, 1.82) is 0 Å². The van der Waals surface area contributed by atoms with Crippen LogP contribution in [0.25, 0.3) is 0 Å². The Balaban J connectivity index is 3.03. The van der Waals surface area contributed by atoms with Crippen LogP contribution in [0.1, 0.15) is 25.0 Å². The lowest BCUT2D eigenvalue weighted by atomic mass is 10.1. The molecule has 0 aromatic carbocycles. The minimum absolute atomic E-state index is 0.142. The Morgan fingerprint density at radius 2 is 1.56 bits per heavy atom. The normalized spacial score (nSPS) is 14.2. The number of H-pyrrole nitrogens is 1. The maximum atomic E-state index is 12.9. The molecule has 1 aromatic rings. The first kappa shape index (κ1) is 28.0. The first-order valence-corrected chi connectivity index (χ1v) is 9.92. The van der Waals surface area contributed by atoms with E-state index in [9.17, 15) is 33.9 Å². The van der Waals surface area contributed by atoms with Gasteiger partial charge in [-0.25, -0.2) is 9.78 Å². The lowest BCUT2D eigenvalue weighted by Crippen LogP contribution is -2.58. The highest BCUT2D eigenvalue weighted by Crippen LogP contribution is 2.04. The number of nitrogens with zero attached hydrogens (tertiary/aromatic N) is 1. The van der Waals surface area contributed by atoms with Gasteiger partial charge in [0.1, 0.15) is 24.2 Å². The van der Waals surface area contributed by atoms with Crippen molar-refractivity contribution in [1.82, 2.24) is 25.9 Å². The predicted octanol–water partition coefficient (Wildman–Crippen LogP) is -4.45. The average Bonchev–Trinajstić information content (AvgIpc) is 3.27. The largest absolute Gasteiger partial charge is 0.481 e. The summed E-state index contributed by atoms with van der Waals surface area (Å²) in [7, 11) is 0. The zero-order chi connectivity index (χ0) is 25.8. The van der Waals surface area contributed by atoms with E-state index in [2.05, 4.69) is 25.9 Å². The van der Waals surface area contributed by atoms with E-state index in [1.165, 1.54) is 12.5 Å². The molecule has 0 aliphatic rings. The Labute approximate surface area is 192 Å². The Bertz CT molecular complexity index is 890. The molecule has 4 unspecified atom stereocenters. The summed E-state index contributed by atoms with van der Waals surface area (Å²) in [6.45, 7) is -0.705. The number of aromatic nitrogens is 2. The lowest BCUT2D eigenvalue weighted by Gasteiger charge is -2.24. The van der Waals surface area contributed by atoms with E-state index >= 15 is 0 Å². The van der Waals surface area contributed by atoms with E-state index in [0.29, 0.717) is 5.69 Å². The number of hydrogen-bond donors (Lipinski definition) is 9. The fourth-order valence-corrected chi connectivity index (χ4v) is 2.67. The molecule has 1 aromatic heterocycles. The van der Waals surface area contributed by atoms with Gasteiger partial charge in [-0.15, -0.1) is 0 Å². The van der Waals surface area contributed by atoms with Gasteiger partial charge < -0.3 is 47.7 Å². The van der Waals surface area contributed by atoms with Crippen LogP contribution in [0.4, 0.5) is 0 Å². The molecule has 1 heterocycles. The number of nitrogens with one attached hydrogen (secondary N) is 4. The number of aliphatic hydroxyl groups is 1. The van der Waals surface area contributed by atoms with Gasteiger partial charge in [-0.2, -0.15) is 0 Å². The van der Waals surface area contributed by atoms with Crippen LogP contribution in [0.2, 0.25) is 0 Å². The van der Waals surface area contributed by atoms with E-state index in [-0.39, 0.29) is 6.42 Å². The van der Waals surface area contributed by atoms with Gasteiger partial charge in [0, 0.05) is 24.7 Å². The van der Waals surface area contributed by atoms with E-state index in [1.807, 2.05) is 0 Å². The smallest absolute Gasteiger partial charge is 0.326 e. The van der Waals surface area contributed by atoms with Crippen LogP contribution in [0.5, 0.6) is 0 Å². The molecule has 4 amide bonds. The maximum absolute atomic E-state index is 12.9. The Hall–Kier alpha value is -4.05. The molecular weight excluding hydrogens is 458 g/mol. The summed E-state index contributed by atoms with van der Waals surface area (Å²) in [5.41, 5.74) is 11.0. The summed E-state index contributed by atoms with van der Waals surface area (Å²) in [6.07, 6.45) is 0.809. The number of aliphatic hydroxyl groups excluding tert-OH is 1. The van der Waals surface area contributed by atoms with Crippen molar-refractivity contribution in [3.8, 4) is 0 Å². The van der Waals surface area contributed by atoms with E-state index < -0.39 is 85.6 Å². The number of aromatic amines is 1. The molecule has 0 aliphatic carbocycles. The predicted molar refractivity (Wildman–Crippen MR) is 111 cm³/mol. The molecule has 0 aliphatic heterocycles. The fraction of sp³-hybridized carbons (Fsp3) is 0.500. The van der Waals surface area contributed by atoms with Crippen LogP contribution in [0.15, 0.2) is 12.5 Å². The molecule has 0 saturated heterocycles. The summed E-state index contributed by atoms with van der Waals surface area (Å²) in [5.74, 6) is -6.76. The second-order valence-corrected chi connectivity index (χ2v) is 7.19. The van der Waals surface area contributed by atoms with Crippen molar-refractivity contribution in [2.24, 2.45) is 11.5 Å². The minimum atomic E-state index is -1.63. The van der Waals surface area contributed by atoms with Crippen LogP contribution < -0.4 is 27.4 Å². The third kappa shape index (κ3) is 9.61. The number of imidazole rings is 1. The summed E-state index contributed by atoms with van der Waals surface area (Å²) >= 11 is 0. The molecule has 11 N–H and O–H groups in total. The molecule has 16 heteroatoms. The second kappa shape index (κ2) is 13.5. The first-order chi connectivity index (χ1) is 15.9. The van der Waals surface area contributed by atoms with E-state index in [1.54, 1.807) is 0 Å². The third-order valence-electron chi connectivity index (χ3n) is 4.45. The topological polar surface area (TPSA) is 280 Å². The Morgan fingerprint density at radius 3 is 2.06 bits per heavy atom. The van der Waals surface area contributed by atoms with Crippen LogP contribution in [-0.4, -0.2) is 91.6 Å². The lowest BCUT2D eigenvalue weighted by molar-refractivity contribution is -0.143. The molecule has 4 atom stereocenters. The number of carboxylic acid groups (broad SMARTS) is 2. The minimum Gasteiger partial charge on any atom is -0.481 e. The van der Waals surface area contributed by atoms with Crippen LogP contribution >= 0.6 is 0 Å². The number of amides is 4. The number of carbonyl (C=O) groups is 6. The number of carbonyl (C=O) groups excluding carboxylic acids is 4. The highest BCUT2D eigenvalue weighted by Gasteiger charge is 2.31. The van der Waals surface area contributed by atoms with Crippen molar-refractivity contribution in [3.63, 3.8) is 0 Å². The number of aliphatic carboxylic acids is 2. The Morgan fingerprint density at radius 1 is 0.971 bits per heavy atom. The van der Waals surface area contributed by atoms with Gasteiger partial charge in [0.2, 0.25) is 23.6 Å². The zero-order valence-corrected chi connectivity index (χ0v) is 17.9. The third-order valence-corrected chi connectivity index (χ3v) is 4.45. The van der Waals surface area contributed by atoms with Crippen molar-refractivity contribution in [2.75, 3.05) is 6.61 Å². The number of hydrogen-bond acceptors (Lipinski definition) is 9. The molecule has 0 radical (unpaired) electrons. The number of carboxylic acids is 2. The van der Waals surface area contributed by atoms with Crippen molar-refractivity contribution in [2.45, 2.75) is 49.9 Å². The van der Waals surface area contributed by atoms with Crippen molar-refractivity contribution < 1.29 is 44.1 Å². The van der Waals surface area contributed by atoms with Crippen LogP contribution in [0.3, 0.4) is 0 Å². The first-order valence-electron chi connectivity index (χ1n) is 9.92. The van der Waals surface area contributed by atoms with Crippen molar-refractivity contribution in [3.05, 3.63) is 18.2 Å². The van der Waals surface area contributed by atoms with Gasteiger partial charge >= 0.3 is 11.9 Å². The van der Waals surface area contributed by atoms with E-state index in [0.717, 1.165) is 0 Å². The molecule has 1 rings (SSSR count). The quantitative estimate of drug-likeness (QED) is 0.114. The Kier molecular flexibility index (Phi) is 11.1. The molecule has 0 fully saturated rings. The van der Waals surface area contributed by atoms with Crippen molar-refractivity contribution >= 4 is 35.6 Å². The summed E-state index contributed by atoms with van der Waals surface area (Å²) < 4.78 is 0. The van der Waals surface area contributed by atoms with Gasteiger partial charge in [-0.3, -0.25) is 24.0 Å². The van der Waals surface area contributed by atoms with Gasteiger partial charge in [-0.1, -0.05) is 0 Å².